The number of hydrogen-bond donors (Lipinski definition) is 3. The molecule has 5 amide bonds. The van der Waals surface area contributed by atoms with E-state index in [-0.39, 0.29) is 40.4 Å². The molecule has 0 bridgehead atoms. The first-order chi connectivity index (χ1) is 15.7. The van der Waals surface area contributed by atoms with Crippen LogP contribution in [-0.4, -0.2) is 65.9 Å². The number of ether oxygens (including phenoxy) is 1. The highest BCUT2D eigenvalue weighted by Gasteiger charge is 2.24. The molecule has 0 fully saturated rings. The number of imide groups is 1. The van der Waals surface area contributed by atoms with Crippen LogP contribution in [0.25, 0.3) is 0 Å². The molecule has 0 saturated heterocycles. The van der Waals surface area contributed by atoms with Gasteiger partial charge in [0.25, 0.3) is 11.8 Å². The van der Waals surface area contributed by atoms with Crippen LogP contribution < -0.4 is 16.0 Å². The molecule has 0 aromatic heterocycles. The van der Waals surface area contributed by atoms with Crippen LogP contribution in [0.4, 0.5) is 10.5 Å². The fourth-order valence-corrected chi connectivity index (χ4v) is 2.89. The van der Waals surface area contributed by atoms with Crippen LogP contribution in [0.5, 0.6) is 0 Å². The second kappa shape index (κ2) is 12.4. The molecule has 12 heteroatoms. The first-order valence-corrected chi connectivity index (χ1v) is 11.5. The van der Waals surface area contributed by atoms with Crippen LogP contribution >= 0.6 is 8.58 Å². The molecule has 1 aliphatic rings. The van der Waals surface area contributed by atoms with Crippen LogP contribution in [0.1, 0.15) is 18.9 Å². The van der Waals surface area contributed by atoms with Gasteiger partial charge in [0.05, 0.1) is 6.54 Å². The molecular weight excluding hydrogens is 451 g/mol. The first kappa shape index (κ1) is 25.7. The lowest BCUT2D eigenvalue weighted by Crippen LogP contribution is -2.47. The van der Waals surface area contributed by atoms with Gasteiger partial charge in [0.2, 0.25) is 17.7 Å². The number of rotatable bonds is 11. The van der Waals surface area contributed by atoms with Gasteiger partial charge in [-0.2, -0.15) is 0 Å². The van der Waals surface area contributed by atoms with Crippen LogP contribution in [0.15, 0.2) is 36.4 Å². The van der Waals surface area contributed by atoms with Gasteiger partial charge in [-0.05, 0) is 39.9 Å². The van der Waals surface area contributed by atoms with Crippen LogP contribution in [0.2, 0.25) is 0 Å². The number of hydrogen-bond acceptors (Lipinski definition) is 7. The van der Waals surface area contributed by atoms with E-state index in [4.69, 9.17) is 4.74 Å². The Morgan fingerprint density at radius 1 is 1.03 bits per heavy atom. The molecule has 0 spiro atoms. The van der Waals surface area contributed by atoms with E-state index in [1.807, 2.05) is 0 Å². The highest BCUT2D eigenvalue weighted by molar-refractivity contribution is 7.56. The summed E-state index contributed by atoms with van der Waals surface area (Å²) in [6, 6.07) is 5.78. The van der Waals surface area contributed by atoms with E-state index in [2.05, 4.69) is 16.0 Å². The molecule has 2 unspecified atom stereocenters. The lowest BCUT2D eigenvalue weighted by atomic mass is 10.2. The minimum atomic E-state index is -0.917. The zero-order valence-electron chi connectivity index (χ0n) is 18.2. The minimum absolute atomic E-state index is 0.0657. The number of benzene rings is 1. The molecule has 1 heterocycles. The van der Waals surface area contributed by atoms with Crippen molar-refractivity contribution in [1.29, 1.82) is 0 Å². The highest BCUT2D eigenvalue weighted by atomic mass is 31.1. The number of nitrogens with one attached hydrogen (secondary N) is 3. The van der Waals surface area contributed by atoms with E-state index in [1.54, 1.807) is 30.9 Å². The standard InChI is InChI=1S/C21H25N4O7P/c1-13(23-16(26)9-10-25-18(28)7-8-19(25)29)20(30)22-11-17(27)24-15-5-3-14(4-6-15)12-32-21(31)33-2/h3-8,13,33H,9-12H2,1-2H3,(H,22,30)(H,23,26)(H,24,27). The van der Waals surface area contributed by atoms with Gasteiger partial charge in [-0.3, -0.25) is 28.9 Å². The third-order valence-corrected chi connectivity index (χ3v) is 5.02. The fraction of sp³-hybridized carbons (Fsp3) is 0.333. The van der Waals surface area contributed by atoms with Gasteiger partial charge in [-0.1, -0.05) is 12.1 Å². The molecule has 1 aliphatic heterocycles. The summed E-state index contributed by atoms with van der Waals surface area (Å²) in [4.78, 5) is 71.2. The molecular formula is C21H25N4O7P. The predicted molar refractivity (Wildman–Crippen MR) is 121 cm³/mol. The fourth-order valence-electron chi connectivity index (χ4n) is 2.68. The van der Waals surface area contributed by atoms with Crippen molar-refractivity contribution in [3.8, 4) is 0 Å². The Morgan fingerprint density at radius 3 is 2.27 bits per heavy atom. The van der Waals surface area contributed by atoms with Crippen molar-refractivity contribution in [2.24, 2.45) is 0 Å². The maximum absolute atomic E-state index is 12.1. The number of nitrogens with zero attached hydrogens (tertiary/aromatic N) is 1. The summed E-state index contributed by atoms with van der Waals surface area (Å²) in [5.41, 5.74) is 0.998. The summed E-state index contributed by atoms with van der Waals surface area (Å²) in [6.07, 6.45) is 2.10. The van der Waals surface area contributed by atoms with Crippen molar-refractivity contribution in [2.45, 2.75) is 26.0 Å². The lowest BCUT2D eigenvalue weighted by molar-refractivity contribution is -0.137. The van der Waals surface area contributed by atoms with E-state index >= 15 is 0 Å². The zero-order valence-corrected chi connectivity index (χ0v) is 19.2. The topological polar surface area (TPSA) is 151 Å². The average molecular weight is 476 g/mol. The van der Waals surface area contributed by atoms with Crippen LogP contribution in [-0.2, 0) is 35.3 Å². The third-order valence-electron chi connectivity index (χ3n) is 4.47. The Balaban J connectivity index is 1.68. The van der Waals surface area contributed by atoms with E-state index in [1.165, 1.54) is 6.92 Å². The summed E-state index contributed by atoms with van der Waals surface area (Å²) >= 11 is 0. The van der Waals surface area contributed by atoms with Crippen molar-refractivity contribution in [3.05, 3.63) is 42.0 Å². The lowest BCUT2D eigenvalue weighted by Gasteiger charge is -2.16. The van der Waals surface area contributed by atoms with Gasteiger partial charge in [0, 0.05) is 30.8 Å². The van der Waals surface area contributed by atoms with E-state index in [0.717, 1.165) is 22.6 Å². The normalized spacial score (nSPS) is 13.8. The molecule has 176 valence electrons. The van der Waals surface area contributed by atoms with Gasteiger partial charge in [0.1, 0.15) is 12.6 Å². The first-order valence-electron chi connectivity index (χ1n) is 10.0. The molecule has 3 N–H and O–H groups in total. The smallest absolute Gasteiger partial charge is 0.323 e. The van der Waals surface area contributed by atoms with Gasteiger partial charge >= 0.3 is 5.71 Å². The largest absolute Gasteiger partial charge is 0.458 e. The predicted octanol–water partition coefficient (Wildman–Crippen LogP) is 0.506. The second-order valence-corrected chi connectivity index (χ2v) is 7.90. The average Bonchev–Trinajstić information content (AvgIpc) is 3.12. The van der Waals surface area contributed by atoms with Gasteiger partial charge in [-0.15, -0.1) is 0 Å². The number of carbonyl (C=O) groups is 6. The quantitative estimate of drug-likeness (QED) is 0.311. The summed E-state index contributed by atoms with van der Waals surface area (Å²) < 4.78 is 5.04. The maximum Gasteiger partial charge on any atom is 0.323 e. The van der Waals surface area contributed by atoms with E-state index in [9.17, 15) is 28.8 Å². The molecule has 0 radical (unpaired) electrons. The molecule has 0 saturated carbocycles. The maximum atomic E-state index is 12.1. The number of anilines is 1. The molecule has 0 aliphatic carbocycles. The number of amides is 5. The molecule has 2 atom stereocenters. The summed E-state index contributed by atoms with van der Waals surface area (Å²) in [6.45, 7) is 2.93. The summed E-state index contributed by atoms with van der Waals surface area (Å²) in [5, 5.41) is 7.49. The van der Waals surface area contributed by atoms with Crippen molar-refractivity contribution in [3.63, 3.8) is 0 Å². The summed E-state index contributed by atoms with van der Waals surface area (Å²) in [7, 11) is 0.0657. The van der Waals surface area contributed by atoms with Crippen molar-refractivity contribution in [1.82, 2.24) is 15.5 Å². The zero-order chi connectivity index (χ0) is 24.4. The van der Waals surface area contributed by atoms with Crippen molar-refractivity contribution in [2.75, 3.05) is 25.1 Å². The molecule has 2 rings (SSSR count). The Morgan fingerprint density at radius 2 is 1.67 bits per heavy atom. The minimum Gasteiger partial charge on any atom is -0.458 e. The Labute approximate surface area is 192 Å². The Hall–Kier alpha value is -3.59. The number of carbonyl (C=O) groups excluding carboxylic acids is 6. The van der Waals surface area contributed by atoms with E-state index in [0.29, 0.717) is 5.69 Å². The Bertz CT molecular complexity index is 944. The molecule has 11 nitrogen and oxygen atoms in total. The third kappa shape index (κ3) is 8.46. The molecule has 33 heavy (non-hydrogen) atoms. The summed E-state index contributed by atoms with van der Waals surface area (Å²) in [5.74, 6) is -2.52. The van der Waals surface area contributed by atoms with Gasteiger partial charge in [0.15, 0.2) is 0 Å². The highest BCUT2D eigenvalue weighted by Crippen LogP contribution is 2.13. The van der Waals surface area contributed by atoms with Crippen LogP contribution in [0.3, 0.4) is 0 Å². The SMILES string of the molecule is CPC(=O)OCc1ccc(NC(=O)CNC(=O)C(C)NC(=O)CCN2C(=O)C=CC2=O)cc1. The van der Waals surface area contributed by atoms with Gasteiger partial charge < -0.3 is 20.7 Å². The Kier molecular flexibility index (Phi) is 9.68. The monoisotopic (exact) mass is 476 g/mol. The molecule has 1 aromatic carbocycles. The second-order valence-electron chi connectivity index (χ2n) is 6.99. The van der Waals surface area contributed by atoms with E-state index < -0.39 is 35.6 Å². The van der Waals surface area contributed by atoms with Gasteiger partial charge in [-0.25, -0.2) is 4.79 Å². The van der Waals surface area contributed by atoms with Crippen molar-refractivity contribution < 1.29 is 33.5 Å². The van der Waals surface area contributed by atoms with Crippen LogP contribution in [0, 0.1) is 0 Å². The molecule has 1 aromatic rings. The van der Waals surface area contributed by atoms with Crippen molar-refractivity contribution >= 4 is 49.5 Å².